The average molecular weight is 429 g/mol. The number of rotatable bonds is 8. The summed E-state index contributed by atoms with van der Waals surface area (Å²) in [5.41, 5.74) is 1.04. The van der Waals surface area contributed by atoms with Crippen LogP contribution in [0.2, 0.25) is 0 Å². The maximum Gasteiger partial charge on any atom is 0.338 e. The van der Waals surface area contributed by atoms with Crippen molar-refractivity contribution < 1.29 is 22.4 Å². The lowest BCUT2D eigenvalue weighted by Gasteiger charge is -2.24. The molecule has 0 atom stereocenters. The van der Waals surface area contributed by atoms with Gasteiger partial charge >= 0.3 is 5.97 Å². The Kier molecular flexibility index (Phi) is 6.63. The molecule has 0 amide bonds. The quantitative estimate of drug-likeness (QED) is 0.505. The number of ether oxygens (including phenoxy) is 1. The van der Waals surface area contributed by atoms with Crippen LogP contribution in [-0.2, 0) is 21.3 Å². The van der Waals surface area contributed by atoms with Gasteiger partial charge in [-0.3, -0.25) is 0 Å². The molecule has 8 nitrogen and oxygen atoms in total. The first-order chi connectivity index (χ1) is 14.3. The third kappa shape index (κ3) is 4.74. The van der Waals surface area contributed by atoms with Gasteiger partial charge in [-0.25, -0.2) is 13.2 Å². The van der Waals surface area contributed by atoms with E-state index in [1.54, 1.807) is 20.8 Å². The lowest BCUT2D eigenvalue weighted by Crippen LogP contribution is -2.36. The molecule has 1 aromatic heterocycles. The van der Waals surface area contributed by atoms with Crippen LogP contribution in [-0.4, -0.2) is 41.5 Å². The zero-order valence-electron chi connectivity index (χ0n) is 17.0. The number of sulfonamides is 1. The van der Waals surface area contributed by atoms with Crippen molar-refractivity contribution in [1.29, 1.82) is 0 Å². The van der Waals surface area contributed by atoms with Gasteiger partial charge in [-0.1, -0.05) is 18.2 Å². The lowest BCUT2D eigenvalue weighted by molar-refractivity contribution is 0.0526. The molecule has 158 valence electrons. The maximum atomic E-state index is 13.2. The van der Waals surface area contributed by atoms with Gasteiger partial charge in [0.25, 0.3) is 0 Å². The zero-order chi connectivity index (χ0) is 21.7. The molecular formula is C21H23N3O5S. The van der Waals surface area contributed by atoms with E-state index in [-0.39, 0.29) is 35.5 Å². The number of hydrogen-bond acceptors (Lipinski definition) is 7. The zero-order valence-corrected chi connectivity index (χ0v) is 17.8. The van der Waals surface area contributed by atoms with E-state index in [2.05, 4.69) is 10.2 Å². The largest absolute Gasteiger partial charge is 0.462 e. The number of hydrogen-bond donors (Lipinski definition) is 0. The average Bonchev–Trinajstić information content (AvgIpc) is 3.21. The molecule has 0 fully saturated rings. The van der Waals surface area contributed by atoms with Crippen LogP contribution in [0.4, 0.5) is 0 Å². The number of aromatic nitrogens is 2. The van der Waals surface area contributed by atoms with E-state index in [4.69, 9.17) is 9.15 Å². The van der Waals surface area contributed by atoms with Gasteiger partial charge in [-0.15, -0.1) is 10.2 Å². The van der Waals surface area contributed by atoms with Gasteiger partial charge in [-0.2, -0.15) is 4.31 Å². The Labute approximate surface area is 175 Å². The van der Waals surface area contributed by atoms with Gasteiger partial charge in [0, 0.05) is 11.6 Å². The van der Waals surface area contributed by atoms with Crippen LogP contribution in [0.15, 0.2) is 63.9 Å². The van der Waals surface area contributed by atoms with Crippen LogP contribution in [0.25, 0.3) is 11.5 Å². The van der Waals surface area contributed by atoms with Crippen molar-refractivity contribution in [3.63, 3.8) is 0 Å². The molecule has 3 rings (SSSR count). The molecule has 0 spiro atoms. The summed E-state index contributed by atoms with van der Waals surface area (Å²) in [6, 6.07) is 14.5. The Morgan fingerprint density at radius 2 is 1.73 bits per heavy atom. The first-order valence-electron chi connectivity index (χ1n) is 9.49. The fraction of sp³-hybridized carbons (Fsp3) is 0.286. The molecule has 0 saturated carbocycles. The monoisotopic (exact) mass is 429 g/mol. The van der Waals surface area contributed by atoms with Gasteiger partial charge < -0.3 is 9.15 Å². The summed E-state index contributed by atoms with van der Waals surface area (Å²) in [4.78, 5) is 11.9. The smallest absolute Gasteiger partial charge is 0.338 e. The predicted octanol–water partition coefficient (Wildman–Crippen LogP) is 3.51. The summed E-state index contributed by atoms with van der Waals surface area (Å²) in [6.07, 6.45) is 0. The van der Waals surface area contributed by atoms with Crippen molar-refractivity contribution in [2.75, 3.05) is 6.61 Å². The van der Waals surface area contributed by atoms with Gasteiger partial charge in [0.15, 0.2) is 0 Å². The maximum absolute atomic E-state index is 13.2. The van der Waals surface area contributed by atoms with E-state index < -0.39 is 16.0 Å². The van der Waals surface area contributed by atoms with Gasteiger partial charge in [0.1, 0.15) is 0 Å². The van der Waals surface area contributed by atoms with Gasteiger partial charge in [-0.05, 0) is 57.2 Å². The van der Waals surface area contributed by atoms with E-state index in [1.807, 2.05) is 30.3 Å². The second kappa shape index (κ2) is 9.19. The molecule has 0 aliphatic carbocycles. The summed E-state index contributed by atoms with van der Waals surface area (Å²) in [7, 11) is -3.86. The Morgan fingerprint density at radius 1 is 1.07 bits per heavy atom. The van der Waals surface area contributed by atoms with E-state index in [0.717, 1.165) is 5.56 Å². The highest BCUT2D eigenvalue weighted by Gasteiger charge is 2.29. The highest BCUT2D eigenvalue weighted by atomic mass is 32.2. The first kappa shape index (κ1) is 21.7. The lowest BCUT2D eigenvalue weighted by atomic mass is 10.2. The van der Waals surface area contributed by atoms with Crippen molar-refractivity contribution in [2.45, 2.75) is 38.3 Å². The summed E-state index contributed by atoms with van der Waals surface area (Å²) < 4.78 is 38.2. The molecule has 2 aromatic carbocycles. The van der Waals surface area contributed by atoms with E-state index in [0.29, 0.717) is 5.89 Å². The topological polar surface area (TPSA) is 103 Å². The van der Waals surface area contributed by atoms with Crippen molar-refractivity contribution in [3.05, 3.63) is 66.1 Å². The van der Waals surface area contributed by atoms with Crippen LogP contribution >= 0.6 is 0 Å². The number of nitrogens with zero attached hydrogens (tertiary/aromatic N) is 3. The second-order valence-electron chi connectivity index (χ2n) is 6.76. The van der Waals surface area contributed by atoms with E-state index in [1.165, 1.54) is 28.6 Å². The second-order valence-corrected chi connectivity index (χ2v) is 8.65. The molecule has 0 saturated heterocycles. The molecular weight excluding hydrogens is 406 g/mol. The molecule has 9 heteroatoms. The summed E-state index contributed by atoms with van der Waals surface area (Å²) in [5, 5.41) is 8.01. The Hall–Kier alpha value is -3.04. The molecule has 0 N–H and O–H groups in total. The fourth-order valence-corrected chi connectivity index (χ4v) is 4.39. The number of esters is 1. The van der Waals surface area contributed by atoms with Crippen LogP contribution in [0, 0.1) is 0 Å². The SMILES string of the molecule is CCOC(=O)c1ccc(S(=O)(=O)N(Cc2nnc(-c3ccccc3)o2)C(C)C)cc1. The van der Waals surface area contributed by atoms with Crippen LogP contribution < -0.4 is 0 Å². The Balaban J connectivity index is 1.83. The highest BCUT2D eigenvalue weighted by molar-refractivity contribution is 7.89. The molecule has 30 heavy (non-hydrogen) atoms. The predicted molar refractivity (Wildman–Crippen MR) is 110 cm³/mol. The minimum absolute atomic E-state index is 0.0621. The highest BCUT2D eigenvalue weighted by Crippen LogP contribution is 2.23. The standard InChI is InChI=1S/C21H23N3O5S/c1-4-28-21(25)17-10-12-18(13-11-17)30(26,27)24(15(2)3)14-19-22-23-20(29-19)16-8-6-5-7-9-16/h5-13,15H,4,14H2,1-3H3. The van der Waals surface area contributed by atoms with E-state index >= 15 is 0 Å². The minimum atomic E-state index is -3.86. The summed E-state index contributed by atoms with van der Waals surface area (Å²) in [5.74, 6) is 0.0150. The van der Waals surface area contributed by atoms with Crippen molar-refractivity contribution in [3.8, 4) is 11.5 Å². The van der Waals surface area contributed by atoms with Crippen LogP contribution in [0.5, 0.6) is 0 Å². The minimum Gasteiger partial charge on any atom is -0.462 e. The molecule has 0 radical (unpaired) electrons. The van der Waals surface area contributed by atoms with Gasteiger partial charge in [0.2, 0.25) is 21.8 Å². The third-order valence-electron chi connectivity index (χ3n) is 4.33. The van der Waals surface area contributed by atoms with Crippen LogP contribution in [0.1, 0.15) is 37.0 Å². The Bertz CT molecular complexity index is 1090. The molecule has 1 heterocycles. The van der Waals surface area contributed by atoms with Crippen molar-refractivity contribution in [2.24, 2.45) is 0 Å². The van der Waals surface area contributed by atoms with Crippen molar-refractivity contribution in [1.82, 2.24) is 14.5 Å². The molecule has 0 aliphatic heterocycles. The van der Waals surface area contributed by atoms with Gasteiger partial charge in [0.05, 0.1) is 23.6 Å². The number of benzene rings is 2. The van der Waals surface area contributed by atoms with Crippen molar-refractivity contribution >= 4 is 16.0 Å². The normalized spacial score (nSPS) is 11.8. The number of carbonyl (C=O) groups excluding carboxylic acids is 1. The van der Waals surface area contributed by atoms with E-state index in [9.17, 15) is 13.2 Å². The molecule has 0 bridgehead atoms. The first-order valence-corrected chi connectivity index (χ1v) is 10.9. The molecule has 0 unspecified atom stereocenters. The third-order valence-corrected chi connectivity index (χ3v) is 6.36. The van der Waals surface area contributed by atoms with Crippen LogP contribution in [0.3, 0.4) is 0 Å². The summed E-state index contributed by atoms with van der Waals surface area (Å²) >= 11 is 0. The fourth-order valence-electron chi connectivity index (χ4n) is 2.81. The Morgan fingerprint density at radius 3 is 2.33 bits per heavy atom. The number of carbonyl (C=O) groups is 1. The summed E-state index contributed by atoms with van der Waals surface area (Å²) in [6.45, 7) is 5.41. The molecule has 3 aromatic rings. The molecule has 0 aliphatic rings.